The Hall–Kier alpha value is -3.22. The first kappa shape index (κ1) is 37.8. The molecule has 1 aliphatic heterocycles. The summed E-state index contributed by atoms with van der Waals surface area (Å²) in [4.78, 5) is 81.0. The number of likely N-dealkylation sites (N-methyl/N-ethyl adjacent to an activating group) is 1. The maximum Gasteiger partial charge on any atom is 0.407 e. The average Bonchev–Trinajstić information content (AvgIpc) is 2.96. The fourth-order valence-corrected chi connectivity index (χ4v) is 5.02. The zero-order valence-electron chi connectivity index (χ0n) is 27.2. The van der Waals surface area contributed by atoms with Crippen molar-refractivity contribution in [2.45, 2.75) is 111 Å². The van der Waals surface area contributed by atoms with E-state index in [1.807, 2.05) is 20.8 Å². The number of nitrogens with zero attached hydrogens (tertiary/aromatic N) is 1. The summed E-state index contributed by atoms with van der Waals surface area (Å²) < 4.78 is 5.63. The number of rotatable bonds is 8. The Bertz CT molecular complexity index is 988. The van der Waals surface area contributed by atoms with Crippen molar-refractivity contribution in [3.05, 3.63) is 0 Å². The van der Waals surface area contributed by atoms with Crippen molar-refractivity contribution in [1.29, 1.82) is 0 Å². The van der Waals surface area contributed by atoms with Gasteiger partial charge in [0.25, 0.3) is 0 Å². The molecule has 1 heterocycles. The molecule has 0 spiro atoms. The number of ketones is 1. The Morgan fingerprint density at radius 2 is 1.47 bits per heavy atom. The molecule has 13 nitrogen and oxygen atoms in total. The number of Topliss-reactive ketones (excluding diaryl/α,β-unsaturated/α-hetero) is 1. The first-order valence-corrected chi connectivity index (χ1v) is 15.4. The lowest BCUT2D eigenvalue weighted by Crippen LogP contribution is -2.61. The summed E-state index contributed by atoms with van der Waals surface area (Å²) in [6, 6.07) is -4.48. The van der Waals surface area contributed by atoms with E-state index in [2.05, 4.69) is 21.3 Å². The summed E-state index contributed by atoms with van der Waals surface area (Å²) >= 11 is 0. The second-order valence-electron chi connectivity index (χ2n) is 12.2. The minimum absolute atomic E-state index is 0.292. The summed E-state index contributed by atoms with van der Waals surface area (Å²) in [6.07, 6.45) is 0.692. The quantitative estimate of drug-likeness (QED) is 0.270. The highest BCUT2D eigenvalue weighted by Crippen LogP contribution is 2.22. The van der Waals surface area contributed by atoms with Gasteiger partial charge in [-0.15, -0.1) is 0 Å². The molecule has 43 heavy (non-hydrogen) atoms. The summed E-state index contributed by atoms with van der Waals surface area (Å²) in [6.45, 7) is 12.9. The monoisotopic (exact) mass is 611 g/mol. The Balaban J connectivity index is 3.60. The third kappa shape index (κ3) is 10.8. The van der Waals surface area contributed by atoms with Crippen molar-refractivity contribution in [3.8, 4) is 0 Å². The molecule has 1 aliphatic rings. The molecule has 5 N–H and O–H groups in total. The van der Waals surface area contributed by atoms with Gasteiger partial charge in [-0.1, -0.05) is 74.7 Å². The molecule has 13 heteroatoms. The first-order chi connectivity index (χ1) is 20.1. The van der Waals surface area contributed by atoms with Gasteiger partial charge in [-0.3, -0.25) is 24.0 Å². The third-order valence-corrected chi connectivity index (χ3v) is 8.04. The number of hydrogen-bond donors (Lipinski definition) is 5. The third-order valence-electron chi connectivity index (χ3n) is 8.04. The summed E-state index contributed by atoms with van der Waals surface area (Å²) in [5.41, 5.74) is 0. The SMILES string of the molecule is CCCCC1OC(=O)NCC(=O)C(C(C)C)NC(=O)C(CO)NC(=O)C(C(C)C)NC(=O)C(C(C)CC)N(C)C(=O)C1C. The number of nitrogens with one attached hydrogen (secondary N) is 4. The summed E-state index contributed by atoms with van der Waals surface area (Å²) in [5.74, 6) is -4.87. The number of aliphatic hydroxyl groups is 1. The van der Waals surface area contributed by atoms with Crippen LogP contribution in [-0.4, -0.2) is 96.0 Å². The molecule has 7 unspecified atom stereocenters. The molecule has 0 aliphatic carbocycles. The van der Waals surface area contributed by atoms with Crippen LogP contribution in [0.5, 0.6) is 0 Å². The number of amides is 5. The first-order valence-electron chi connectivity index (χ1n) is 15.4. The van der Waals surface area contributed by atoms with Crippen LogP contribution in [0.2, 0.25) is 0 Å². The van der Waals surface area contributed by atoms with E-state index in [0.717, 1.165) is 6.42 Å². The second kappa shape index (κ2) is 17.8. The molecule has 1 saturated heterocycles. The number of ether oxygens (including phenoxy) is 1. The number of unbranched alkanes of at least 4 members (excludes halogenated alkanes) is 1. The van der Waals surface area contributed by atoms with Crippen molar-refractivity contribution in [3.63, 3.8) is 0 Å². The van der Waals surface area contributed by atoms with E-state index < -0.39 is 90.8 Å². The van der Waals surface area contributed by atoms with E-state index in [1.165, 1.54) is 11.9 Å². The van der Waals surface area contributed by atoms with Crippen molar-refractivity contribution in [2.24, 2.45) is 23.7 Å². The highest BCUT2D eigenvalue weighted by atomic mass is 16.6. The predicted octanol–water partition coefficient (Wildman–Crippen LogP) is 1.12. The van der Waals surface area contributed by atoms with Gasteiger partial charge >= 0.3 is 6.09 Å². The van der Waals surface area contributed by atoms with Crippen molar-refractivity contribution < 1.29 is 38.6 Å². The van der Waals surface area contributed by atoms with Crippen LogP contribution in [0, 0.1) is 23.7 Å². The molecule has 0 bridgehead atoms. The molecule has 0 saturated carbocycles. The maximum atomic E-state index is 13.7. The number of carbonyl (C=O) groups excluding carboxylic acids is 6. The fourth-order valence-electron chi connectivity index (χ4n) is 5.02. The number of carbonyl (C=O) groups is 6. The number of aliphatic hydroxyl groups excluding tert-OH is 1. The minimum atomic E-state index is -1.41. The van der Waals surface area contributed by atoms with Crippen LogP contribution in [0.15, 0.2) is 0 Å². The molecule has 0 aromatic carbocycles. The van der Waals surface area contributed by atoms with Crippen LogP contribution < -0.4 is 21.3 Å². The van der Waals surface area contributed by atoms with Gasteiger partial charge in [-0.05, 0) is 24.2 Å². The van der Waals surface area contributed by atoms with E-state index in [1.54, 1.807) is 34.6 Å². The summed E-state index contributed by atoms with van der Waals surface area (Å²) in [5, 5.41) is 20.1. The highest BCUT2D eigenvalue weighted by molar-refractivity contribution is 5.97. The lowest BCUT2D eigenvalue weighted by atomic mass is 9.92. The molecule has 1 fully saturated rings. The molecule has 0 radical (unpaired) electrons. The van der Waals surface area contributed by atoms with Gasteiger partial charge < -0.3 is 36.0 Å². The van der Waals surface area contributed by atoms with E-state index in [4.69, 9.17) is 4.74 Å². The van der Waals surface area contributed by atoms with Crippen molar-refractivity contribution in [2.75, 3.05) is 20.2 Å². The van der Waals surface area contributed by atoms with Crippen molar-refractivity contribution in [1.82, 2.24) is 26.2 Å². The largest absolute Gasteiger partial charge is 0.445 e. The number of alkyl carbamates (subject to hydrolysis) is 1. The van der Waals surface area contributed by atoms with Gasteiger partial charge in [0.15, 0.2) is 5.78 Å². The van der Waals surface area contributed by atoms with Gasteiger partial charge in [0.2, 0.25) is 23.6 Å². The molecule has 0 aromatic rings. The van der Waals surface area contributed by atoms with Crippen LogP contribution in [0.3, 0.4) is 0 Å². The predicted molar refractivity (Wildman–Crippen MR) is 161 cm³/mol. The topological polar surface area (TPSA) is 183 Å². The number of cyclic esters (lactones) is 1. The van der Waals surface area contributed by atoms with E-state index >= 15 is 0 Å². The smallest absolute Gasteiger partial charge is 0.407 e. The summed E-state index contributed by atoms with van der Waals surface area (Å²) in [7, 11) is 1.51. The van der Waals surface area contributed by atoms with Crippen LogP contribution >= 0.6 is 0 Å². The Morgan fingerprint density at radius 1 is 0.884 bits per heavy atom. The average molecular weight is 612 g/mol. The van der Waals surface area contributed by atoms with Crippen LogP contribution in [0.4, 0.5) is 4.79 Å². The molecule has 7 atom stereocenters. The van der Waals surface area contributed by atoms with Gasteiger partial charge in [-0.25, -0.2) is 4.79 Å². The lowest BCUT2D eigenvalue weighted by Gasteiger charge is -2.36. The lowest BCUT2D eigenvalue weighted by molar-refractivity contribution is -0.147. The normalized spacial score (nSPS) is 28.2. The maximum absolute atomic E-state index is 13.7. The Morgan fingerprint density at radius 3 is 1.98 bits per heavy atom. The van der Waals surface area contributed by atoms with Gasteiger partial charge in [0.1, 0.15) is 24.2 Å². The van der Waals surface area contributed by atoms with E-state index in [9.17, 15) is 33.9 Å². The highest BCUT2D eigenvalue weighted by Gasteiger charge is 2.39. The van der Waals surface area contributed by atoms with Gasteiger partial charge in [0.05, 0.1) is 25.1 Å². The van der Waals surface area contributed by atoms with Crippen LogP contribution in [0.1, 0.15) is 81.1 Å². The zero-order valence-corrected chi connectivity index (χ0v) is 27.2. The van der Waals surface area contributed by atoms with Gasteiger partial charge in [-0.2, -0.15) is 0 Å². The molecule has 0 aromatic heterocycles. The Labute approximate surface area is 255 Å². The number of hydrogen-bond acceptors (Lipinski definition) is 8. The van der Waals surface area contributed by atoms with Crippen LogP contribution in [0.25, 0.3) is 0 Å². The zero-order chi connectivity index (χ0) is 33.0. The van der Waals surface area contributed by atoms with Gasteiger partial charge in [0, 0.05) is 7.05 Å². The molecular weight excluding hydrogens is 558 g/mol. The van der Waals surface area contributed by atoms with Crippen LogP contribution in [-0.2, 0) is 28.7 Å². The van der Waals surface area contributed by atoms with E-state index in [0.29, 0.717) is 19.3 Å². The molecule has 246 valence electrons. The van der Waals surface area contributed by atoms with E-state index in [-0.39, 0.29) is 11.8 Å². The molecule has 1 rings (SSSR count). The fraction of sp³-hybridized carbons (Fsp3) is 0.800. The standard InChI is InChI=1S/C30H53N5O8/c1-10-12-13-22-19(8)29(41)35(9)25(18(7)11-2)28(40)34-24(17(5)6)27(39)32-20(15-36)26(38)33-23(16(3)4)21(37)14-31-30(42)43-22/h16-20,22-25,36H,10-15H2,1-9H3,(H,31,42)(H,32,39)(H,33,38)(H,34,40). The molecular formula is C30H53N5O8. The molecule has 5 amide bonds. The second-order valence-corrected chi connectivity index (χ2v) is 12.2. The van der Waals surface area contributed by atoms with Crippen molar-refractivity contribution >= 4 is 35.5 Å². The minimum Gasteiger partial charge on any atom is -0.445 e. The Kier molecular flexibility index (Phi) is 15.6.